The maximum atomic E-state index is 12.4. The van der Waals surface area contributed by atoms with Crippen LogP contribution in [0.3, 0.4) is 0 Å². The third kappa shape index (κ3) is 3.62. The summed E-state index contributed by atoms with van der Waals surface area (Å²) in [6, 6.07) is 10.9. The van der Waals surface area contributed by atoms with E-state index >= 15 is 0 Å². The van der Waals surface area contributed by atoms with Crippen LogP contribution in [0.2, 0.25) is 0 Å². The molecule has 1 aromatic carbocycles. The lowest BCUT2D eigenvalue weighted by atomic mass is 10.1. The Bertz CT molecular complexity index is 626. The zero-order chi connectivity index (χ0) is 16.2. The first-order valence-electron chi connectivity index (χ1n) is 8.22. The monoisotopic (exact) mass is 312 g/mol. The van der Waals surface area contributed by atoms with Gasteiger partial charge in [-0.2, -0.15) is 0 Å². The molecule has 122 valence electrons. The molecule has 2 aromatic rings. The van der Waals surface area contributed by atoms with Gasteiger partial charge in [0.15, 0.2) is 0 Å². The van der Waals surface area contributed by atoms with Crippen molar-refractivity contribution in [3.8, 4) is 0 Å². The number of likely N-dealkylation sites (tertiary alicyclic amines) is 1. The Morgan fingerprint density at radius 3 is 2.78 bits per heavy atom. The summed E-state index contributed by atoms with van der Waals surface area (Å²) in [6.45, 7) is 6.04. The molecule has 1 amide bonds. The highest BCUT2D eigenvalue weighted by molar-refractivity contribution is 5.80. The molecule has 1 aliphatic heterocycles. The maximum absolute atomic E-state index is 12.4. The van der Waals surface area contributed by atoms with E-state index in [-0.39, 0.29) is 18.0 Å². The highest BCUT2D eigenvalue weighted by atomic mass is 16.2. The second kappa shape index (κ2) is 6.96. The summed E-state index contributed by atoms with van der Waals surface area (Å²) in [5, 5.41) is 3.17. The first-order chi connectivity index (χ1) is 11.1. The second-order valence-electron chi connectivity index (χ2n) is 6.26. The molecule has 0 aliphatic carbocycles. The number of amides is 1. The Balaban J connectivity index is 1.55. The predicted molar refractivity (Wildman–Crippen MR) is 89.9 cm³/mol. The zero-order valence-electron chi connectivity index (χ0n) is 13.7. The van der Waals surface area contributed by atoms with Crippen molar-refractivity contribution in [3.05, 3.63) is 54.6 Å². The summed E-state index contributed by atoms with van der Waals surface area (Å²) >= 11 is 0. The van der Waals surface area contributed by atoms with Gasteiger partial charge in [0.2, 0.25) is 5.91 Å². The van der Waals surface area contributed by atoms with Gasteiger partial charge in [0.25, 0.3) is 0 Å². The first-order valence-corrected chi connectivity index (χ1v) is 8.22. The largest absolute Gasteiger partial charge is 0.350 e. The van der Waals surface area contributed by atoms with Crippen molar-refractivity contribution >= 4 is 5.91 Å². The average molecular weight is 312 g/mol. The molecular weight excluding hydrogens is 288 g/mol. The van der Waals surface area contributed by atoms with Crippen LogP contribution in [0.5, 0.6) is 0 Å². The lowest BCUT2D eigenvalue weighted by molar-refractivity contribution is -0.124. The van der Waals surface area contributed by atoms with E-state index in [0.29, 0.717) is 6.04 Å². The van der Waals surface area contributed by atoms with Gasteiger partial charge in [0.1, 0.15) is 6.04 Å². The van der Waals surface area contributed by atoms with Crippen molar-refractivity contribution in [2.75, 3.05) is 13.1 Å². The van der Waals surface area contributed by atoms with Gasteiger partial charge in [0, 0.05) is 37.6 Å². The quantitative estimate of drug-likeness (QED) is 0.922. The number of nitrogens with one attached hydrogen (secondary N) is 1. The van der Waals surface area contributed by atoms with Gasteiger partial charge in [0.05, 0.1) is 6.33 Å². The van der Waals surface area contributed by atoms with Crippen LogP contribution < -0.4 is 5.32 Å². The normalized spacial score (nSPS) is 21.0. The predicted octanol–water partition coefficient (Wildman–Crippen LogP) is 2.40. The number of imidazole rings is 1. The van der Waals surface area contributed by atoms with E-state index in [1.165, 1.54) is 5.56 Å². The van der Waals surface area contributed by atoms with Crippen LogP contribution in [0.15, 0.2) is 49.1 Å². The van der Waals surface area contributed by atoms with Crippen LogP contribution in [0, 0.1) is 0 Å². The lowest BCUT2D eigenvalue weighted by Crippen LogP contribution is -2.40. The molecule has 23 heavy (non-hydrogen) atoms. The fraction of sp³-hybridized carbons (Fsp3) is 0.444. The van der Waals surface area contributed by atoms with Crippen LogP contribution in [-0.4, -0.2) is 39.5 Å². The Morgan fingerprint density at radius 2 is 2.09 bits per heavy atom. The average Bonchev–Trinajstić information content (AvgIpc) is 3.26. The highest BCUT2D eigenvalue weighted by Gasteiger charge is 2.28. The Hall–Kier alpha value is -2.14. The molecule has 5 nitrogen and oxygen atoms in total. The minimum atomic E-state index is -0.224. The molecule has 1 fully saturated rings. The SMILES string of the molecule is CC(c1ccccc1)N1CCC(NC(=O)C(C)n2ccnc2)C1. The third-order valence-corrected chi connectivity index (χ3v) is 4.75. The number of nitrogens with zero attached hydrogens (tertiary/aromatic N) is 3. The number of aromatic nitrogens is 2. The molecule has 0 bridgehead atoms. The summed E-state index contributed by atoms with van der Waals surface area (Å²) in [6.07, 6.45) is 6.20. The van der Waals surface area contributed by atoms with Crippen molar-refractivity contribution in [1.29, 1.82) is 0 Å². The molecule has 1 aromatic heterocycles. The second-order valence-corrected chi connectivity index (χ2v) is 6.26. The molecule has 0 spiro atoms. The first kappa shape index (κ1) is 15.7. The molecule has 3 unspecified atom stereocenters. The molecule has 1 aliphatic rings. The summed E-state index contributed by atoms with van der Waals surface area (Å²) in [5.74, 6) is 0.0576. The summed E-state index contributed by atoms with van der Waals surface area (Å²) in [7, 11) is 0. The topological polar surface area (TPSA) is 50.2 Å². The zero-order valence-corrected chi connectivity index (χ0v) is 13.7. The standard InChI is InChI=1S/C18H24N4O/c1-14(16-6-4-3-5-7-16)21-10-8-17(12-21)20-18(23)15(2)22-11-9-19-13-22/h3-7,9,11,13-15,17H,8,10,12H2,1-2H3,(H,20,23). The van der Waals surface area contributed by atoms with Crippen molar-refractivity contribution in [3.63, 3.8) is 0 Å². The lowest BCUT2D eigenvalue weighted by Gasteiger charge is -2.25. The number of rotatable bonds is 5. The number of hydrogen-bond donors (Lipinski definition) is 1. The van der Waals surface area contributed by atoms with Gasteiger partial charge in [-0.3, -0.25) is 9.69 Å². The minimum absolute atomic E-state index is 0.0576. The molecule has 0 saturated carbocycles. The number of carbonyl (C=O) groups is 1. The molecule has 3 atom stereocenters. The molecule has 1 N–H and O–H groups in total. The van der Waals surface area contributed by atoms with Gasteiger partial charge in [-0.25, -0.2) is 4.98 Å². The number of carbonyl (C=O) groups excluding carboxylic acids is 1. The van der Waals surface area contributed by atoms with Gasteiger partial charge in [-0.15, -0.1) is 0 Å². The number of benzene rings is 1. The van der Waals surface area contributed by atoms with E-state index < -0.39 is 0 Å². The van der Waals surface area contributed by atoms with Crippen LogP contribution in [0.25, 0.3) is 0 Å². The molecule has 3 rings (SSSR count). The van der Waals surface area contributed by atoms with E-state index in [1.807, 2.05) is 23.8 Å². The highest BCUT2D eigenvalue weighted by Crippen LogP contribution is 2.24. The van der Waals surface area contributed by atoms with Crippen LogP contribution >= 0.6 is 0 Å². The van der Waals surface area contributed by atoms with E-state index in [4.69, 9.17) is 0 Å². The Morgan fingerprint density at radius 1 is 1.30 bits per heavy atom. The van der Waals surface area contributed by atoms with E-state index in [2.05, 4.69) is 46.4 Å². The molecule has 1 saturated heterocycles. The maximum Gasteiger partial charge on any atom is 0.243 e. The smallest absolute Gasteiger partial charge is 0.243 e. The Kier molecular flexibility index (Phi) is 4.76. The van der Waals surface area contributed by atoms with Gasteiger partial charge in [-0.05, 0) is 25.8 Å². The van der Waals surface area contributed by atoms with Crippen molar-refractivity contribution < 1.29 is 4.79 Å². The minimum Gasteiger partial charge on any atom is -0.350 e. The van der Waals surface area contributed by atoms with Crippen molar-refractivity contribution in [2.45, 2.75) is 38.4 Å². The van der Waals surface area contributed by atoms with Crippen LogP contribution in [0.1, 0.15) is 37.9 Å². The molecular formula is C18H24N4O. The summed E-state index contributed by atoms with van der Waals surface area (Å²) in [5.41, 5.74) is 1.33. The summed E-state index contributed by atoms with van der Waals surface area (Å²) in [4.78, 5) is 18.8. The fourth-order valence-electron chi connectivity index (χ4n) is 3.15. The molecule has 2 heterocycles. The Labute approximate surface area is 137 Å². The van der Waals surface area contributed by atoms with Gasteiger partial charge >= 0.3 is 0 Å². The summed E-state index contributed by atoms with van der Waals surface area (Å²) < 4.78 is 1.83. The van der Waals surface area contributed by atoms with Crippen molar-refractivity contribution in [2.24, 2.45) is 0 Å². The fourth-order valence-corrected chi connectivity index (χ4v) is 3.15. The molecule has 0 radical (unpaired) electrons. The number of hydrogen-bond acceptors (Lipinski definition) is 3. The van der Waals surface area contributed by atoms with E-state index in [0.717, 1.165) is 19.5 Å². The van der Waals surface area contributed by atoms with E-state index in [1.54, 1.807) is 12.5 Å². The van der Waals surface area contributed by atoms with Gasteiger partial charge < -0.3 is 9.88 Å². The third-order valence-electron chi connectivity index (χ3n) is 4.75. The van der Waals surface area contributed by atoms with Crippen LogP contribution in [0.4, 0.5) is 0 Å². The van der Waals surface area contributed by atoms with Crippen LogP contribution in [-0.2, 0) is 4.79 Å². The van der Waals surface area contributed by atoms with Crippen molar-refractivity contribution in [1.82, 2.24) is 19.8 Å². The van der Waals surface area contributed by atoms with E-state index in [9.17, 15) is 4.79 Å². The van der Waals surface area contributed by atoms with Gasteiger partial charge in [-0.1, -0.05) is 30.3 Å². The molecule has 5 heteroatoms.